The molecule has 0 bridgehead atoms. The van der Waals surface area contributed by atoms with Crippen molar-refractivity contribution in [1.29, 1.82) is 0 Å². The van der Waals surface area contributed by atoms with Gasteiger partial charge in [0.25, 0.3) is 11.6 Å². The van der Waals surface area contributed by atoms with Crippen LogP contribution >= 0.6 is 0 Å². The van der Waals surface area contributed by atoms with Crippen LogP contribution in [-0.2, 0) is 0 Å². The first kappa shape index (κ1) is 17.8. The molecular weight excluding hydrogens is 337 g/mol. The Morgan fingerprint density at radius 1 is 1.12 bits per heavy atom. The number of carbonyl (C=O) groups is 1. The molecule has 3 rings (SSSR count). The van der Waals surface area contributed by atoms with Crippen LogP contribution in [0.4, 0.5) is 21.5 Å². The van der Waals surface area contributed by atoms with Gasteiger partial charge in [-0.1, -0.05) is 0 Å². The Morgan fingerprint density at radius 3 is 2.38 bits per heavy atom. The molecule has 26 heavy (non-hydrogen) atoms. The van der Waals surface area contributed by atoms with E-state index in [1.807, 2.05) is 0 Å². The molecule has 6 nitrogen and oxygen atoms in total. The Morgan fingerprint density at radius 2 is 1.77 bits per heavy atom. The van der Waals surface area contributed by atoms with Crippen LogP contribution in [-0.4, -0.2) is 31.0 Å². The van der Waals surface area contributed by atoms with Crippen LogP contribution in [0, 0.1) is 15.9 Å². The molecule has 1 aliphatic heterocycles. The predicted octanol–water partition coefficient (Wildman–Crippen LogP) is 4.00. The number of benzene rings is 2. The van der Waals surface area contributed by atoms with E-state index in [4.69, 9.17) is 0 Å². The molecule has 136 valence electrons. The highest BCUT2D eigenvalue weighted by Crippen LogP contribution is 2.32. The number of hydrogen-bond donors (Lipinski definition) is 0. The summed E-state index contributed by atoms with van der Waals surface area (Å²) in [7, 11) is 1.59. The van der Waals surface area contributed by atoms with E-state index in [1.165, 1.54) is 47.7 Å². The molecule has 1 fully saturated rings. The van der Waals surface area contributed by atoms with Gasteiger partial charge in [-0.15, -0.1) is 0 Å². The Labute approximate surface area is 151 Å². The Kier molecular flexibility index (Phi) is 5.16. The standard InChI is InChI=1S/C19H20FN3O3/c1-21(19(24)14-5-8-16(9-6-14)23(25)26)18-13-15(20)7-10-17(18)22-11-3-2-4-12-22/h5-10,13H,2-4,11-12H2,1H3. The number of rotatable bonds is 4. The molecule has 1 heterocycles. The number of amides is 1. The summed E-state index contributed by atoms with van der Waals surface area (Å²) in [4.78, 5) is 26.6. The lowest BCUT2D eigenvalue weighted by molar-refractivity contribution is -0.384. The summed E-state index contributed by atoms with van der Waals surface area (Å²) in [5, 5.41) is 10.8. The molecule has 0 radical (unpaired) electrons. The molecule has 0 aliphatic carbocycles. The van der Waals surface area contributed by atoms with Gasteiger partial charge >= 0.3 is 0 Å². The van der Waals surface area contributed by atoms with Crippen molar-refractivity contribution in [3.05, 3.63) is 64.0 Å². The van der Waals surface area contributed by atoms with E-state index < -0.39 is 10.7 Å². The molecule has 7 heteroatoms. The Bertz CT molecular complexity index is 817. The molecule has 2 aromatic rings. The summed E-state index contributed by atoms with van der Waals surface area (Å²) in [5.74, 6) is -0.757. The van der Waals surface area contributed by atoms with Crippen molar-refractivity contribution in [3.63, 3.8) is 0 Å². The molecule has 0 spiro atoms. The molecule has 1 amide bonds. The van der Waals surface area contributed by atoms with Crippen molar-refractivity contribution in [2.75, 3.05) is 29.9 Å². The Balaban J connectivity index is 1.90. The van der Waals surface area contributed by atoms with Gasteiger partial charge in [0.2, 0.25) is 0 Å². The summed E-state index contributed by atoms with van der Waals surface area (Å²) >= 11 is 0. The maximum Gasteiger partial charge on any atom is 0.269 e. The highest BCUT2D eigenvalue weighted by Gasteiger charge is 2.22. The van der Waals surface area contributed by atoms with E-state index >= 15 is 0 Å². The number of piperidine rings is 1. The van der Waals surface area contributed by atoms with Crippen molar-refractivity contribution in [2.24, 2.45) is 0 Å². The van der Waals surface area contributed by atoms with Gasteiger partial charge in [-0.25, -0.2) is 4.39 Å². The second kappa shape index (κ2) is 7.51. The minimum Gasteiger partial charge on any atom is -0.370 e. The van der Waals surface area contributed by atoms with Crippen molar-refractivity contribution in [2.45, 2.75) is 19.3 Å². The molecule has 1 aliphatic rings. The van der Waals surface area contributed by atoms with Crippen LogP contribution in [0.5, 0.6) is 0 Å². The summed E-state index contributed by atoms with van der Waals surface area (Å²) in [6.07, 6.45) is 3.30. The van der Waals surface area contributed by atoms with Gasteiger partial charge in [-0.3, -0.25) is 14.9 Å². The van der Waals surface area contributed by atoms with Crippen LogP contribution in [0.1, 0.15) is 29.6 Å². The van der Waals surface area contributed by atoms with Crippen LogP contribution in [0.3, 0.4) is 0 Å². The minimum absolute atomic E-state index is 0.0797. The SMILES string of the molecule is CN(C(=O)c1ccc([N+](=O)[O-])cc1)c1cc(F)ccc1N1CCCCC1. The first-order valence-electron chi connectivity index (χ1n) is 8.54. The van der Waals surface area contributed by atoms with Crippen molar-refractivity contribution in [1.82, 2.24) is 0 Å². The van der Waals surface area contributed by atoms with E-state index in [-0.39, 0.29) is 11.6 Å². The average Bonchev–Trinajstić information content (AvgIpc) is 2.67. The number of anilines is 2. The third kappa shape index (κ3) is 3.66. The van der Waals surface area contributed by atoms with Gasteiger partial charge in [0.05, 0.1) is 16.3 Å². The van der Waals surface area contributed by atoms with Gasteiger partial charge in [-0.2, -0.15) is 0 Å². The lowest BCUT2D eigenvalue weighted by Crippen LogP contribution is -2.33. The van der Waals surface area contributed by atoms with E-state index in [1.54, 1.807) is 13.1 Å². The highest BCUT2D eigenvalue weighted by atomic mass is 19.1. The molecule has 0 atom stereocenters. The number of halogens is 1. The lowest BCUT2D eigenvalue weighted by Gasteiger charge is -2.32. The zero-order chi connectivity index (χ0) is 18.7. The maximum absolute atomic E-state index is 13.9. The fourth-order valence-electron chi connectivity index (χ4n) is 3.20. The van der Waals surface area contributed by atoms with Gasteiger partial charge in [0, 0.05) is 37.8 Å². The first-order valence-corrected chi connectivity index (χ1v) is 8.54. The van der Waals surface area contributed by atoms with Crippen LogP contribution in [0.25, 0.3) is 0 Å². The smallest absolute Gasteiger partial charge is 0.269 e. The average molecular weight is 357 g/mol. The number of nitrogens with zero attached hydrogens (tertiary/aromatic N) is 3. The third-order valence-corrected chi connectivity index (χ3v) is 4.63. The monoisotopic (exact) mass is 357 g/mol. The molecule has 0 N–H and O–H groups in total. The number of nitro benzene ring substituents is 1. The number of hydrogen-bond acceptors (Lipinski definition) is 4. The van der Waals surface area contributed by atoms with Gasteiger partial charge in [0.1, 0.15) is 5.82 Å². The largest absolute Gasteiger partial charge is 0.370 e. The van der Waals surface area contributed by atoms with E-state index in [9.17, 15) is 19.3 Å². The van der Waals surface area contributed by atoms with E-state index in [0.717, 1.165) is 31.6 Å². The van der Waals surface area contributed by atoms with Gasteiger partial charge in [0.15, 0.2) is 0 Å². The summed E-state index contributed by atoms with van der Waals surface area (Å²) in [6.45, 7) is 1.75. The molecule has 2 aromatic carbocycles. The maximum atomic E-state index is 13.9. The first-order chi connectivity index (χ1) is 12.5. The molecular formula is C19H20FN3O3. The fraction of sp³-hybridized carbons (Fsp3) is 0.316. The molecule has 0 aromatic heterocycles. The van der Waals surface area contributed by atoms with Gasteiger partial charge < -0.3 is 9.80 Å². The normalized spacial score (nSPS) is 14.2. The number of carbonyl (C=O) groups excluding carboxylic acids is 1. The van der Waals surface area contributed by atoms with Crippen molar-refractivity contribution >= 4 is 23.0 Å². The summed E-state index contributed by atoms with van der Waals surface area (Å²) < 4.78 is 13.9. The number of nitro groups is 1. The van der Waals surface area contributed by atoms with Crippen molar-refractivity contribution in [3.8, 4) is 0 Å². The van der Waals surface area contributed by atoms with Crippen LogP contribution in [0.2, 0.25) is 0 Å². The van der Waals surface area contributed by atoms with Crippen LogP contribution in [0.15, 0.2) is 42.5 Å². The minimum atomic E-state index is -0.515. The highest BCUT2D eigenvalue weighted by molar-refractivity contribution is 6.07. The zero-order valence-electron chi connectivity index (χ0n) is 14.5. The van der Waals surface area contributed by atoms with Crippen molar-refractivity contribution < 1.29 is 14.1 Å². The zero-order valence-corrected chi connectivity index (χ0v) is 14.5. The summed E-state index contributed by atoms with van der Waals surface area (Å²) in [5.41, 5.74) is 1.55. The second-order valence-corrected chi connectivity index (χ2v) is 6.35. The molecule has 0 unspecified atom stereocenters. The second-order valence-electron chi connectivity index (χ2n) is 6.35. The lowest BCUT2D eigenvalue weighted by atomic mass is 10.1. The quantitative estimate of drug-likeness (QED) is 0.613. The Hall–Kier alpha value is -2.96. The predicted molar refractivity (Wildman–Crippen MR) is 98.3 cm³/mol. The van der Waals surface area contributed by atoms with E-state index in [0.29, 0.717) is 11.3 Å². The van der Waals surface area contributed by atoms with E-state index in [2.05, 4.69) is 4.90 Å². The molecule has 0 saturated carbocycles. The molecule has 1 saturated heterocycles. The topological polar surface area (TPSA) is 66.7 Å². The summed E-state index contributed by atoms with van der Waals surface area (Å²) in [6, 6.07) is 9.87. The number of non-ortho nitro benzene ring substituents is 1. The van der Waals surface area contributed by atoms with Gasteiger partial charge in [-0.05, 0) is 49.6 Å². The third-order valence-electron chi connectivity index (χ3n) is 4.63. The fourth-order valence-corrected chi connectivity index (χ4v) is 3.20. The van der Waals surface area contributed by atoms with Crippen LogP contribution < -0.4 is 9.80 Å².